The number of fused-ring (bicyclic) bond motifs is 1. The number of ether oxygens (including phenoxy) is 2. The van der Waals surface area contributed by atoms with E-state index < -0.39 is 15.9 Å². The Morgan fingerprint density at radius 3 is 2.16 bits per heavy atom. The fourth-order valence-electron chi connectivity index (χ4n) is 4.71. The summed E-state index contributed by atoms with van der Waals surface area (Å²) in [6, 6.07) is 19.7. The standard InChI is InChI=1S/C32H39N5O6S/c1-6-42-27-19-25-26(20-28(27)43-7-2)35-32(39)30(25)31(22-11-9-8-10-12-22)34-23-13-15-24(16-14-23)37(44(5,40)41)21-29(38)33-17-18-36(3)4/h8-16,19-20,34H,6-7,17-18,21H2,1-5H3,(H,33,38)(H,35,39)/b31-30-. The topological polar surface area (TPSA) is 129 Å². The largest absolute Gasteiger partial charge is 0.490 e. The Balaban J connectivity index is 1.69. The van der Waals surface area contributed by atoms with Gasteiger partial charge in [-0.15, -0.1) is 0 Å². The fourth-order valence-corrected chi connectivity index (χ4v) is 5.56. The molecule has 0 bridgehead atoms. The molecule has 1 aliphatic rings. The third-order valence-electron chi connectivity index (χ3n) is 6.73. The van der Waals surface area contributed by atoms with Gasteiger partial charge in [-0.2, -0.15) is 0 Å². The Kier molecular flexibility index (Phi) is 10.5. The minimum absolute atomic E-state index is 0.289. The van der Waals surface area contributed by atoms with E-state index in [4.69, 9.17) is 9.47 Å². The number of carbonyl (C=O) groups is 2. The highest BCUT2D eigenvalue weighted by Gasteiger charge is 2.31. The van der Waals surface area contributed by atoms with Crippen molar-refractivity contribution >= 4 is 50.2 Å². The van der Waals surface area contributed by atoms with E-state index >= 15 is 0 Å². The van der Waals surface area contributed by atoms with Gasteiger partial charge in [0.15, 0.2) is 11.5 Å². The number of hydrogen-bond donors (Lipinski definition) is 3. The van der Waals surface area contributed by atoms with Crippen LogP contribution in [0.5, 0.6) is 11.5 Å². The molecule has 12 heteroatoms. The SMILES string of the molecule is CCOc1cc2c(cc1OCC)/C(=C(/Nc1ccc(N(CC(=O)NCCN(C)C)S(C)(=O)=O)cc1)c1ccccc1)C(=O)N2. The number of hydrogen-bond acceptors (Lipinski definition) is 8. The highest BCUT2D eigenvalue weighted by molar-refractivity contribution is 7.92. The van der Waals surface area contributed by atoms with Crippen LogP contribution in [0.25, 0.3) is 11.3 Å². The summed E-state index contributed by atoms with van der Waals surface area (Å²) in [6.45, 7) is 5.32. The molecule has 1 aliphatic heterocycles. The number of rotatable bonds is 14. The molecule has 3 aromatic carbocycles. The molecule has 0 aliphatic carbocycles. The van der Waals surface area contributed by atoms with Gasteiger partial charge in [-0.25, -0.2) is 8.42 Å². The van der Waals surface area contributed by atoms with Crippen molar-refractivity contribution in [3.8, 4) is 11.5 Å². The van der Waals surface area contributed by atoms with E-state index in [2.05, 4.69) is 16.0 Å². The van der Waals surface area contributed by atoms with E-state index in [0.717, 1.165) is 16.1 Å². The number of amides is 2. The van der Waals surface area contributed by atoms with Crippen LogP contribution >= 0.6 is 0 Å². The molecule has 3 N–H and O–H groups in total. The number of carbonyl (C=O) groups excluding carboxylic acids is 2. The van der Waals surface area contributed by atoms with Gasteiger partial charge < -0.3 is 30.3 Å². The zero-order valence-electron chi connectivity index (χ0n) is 25.6. The van der Waals surface area contributed by atoms with Crippen molar-refractivity contribution in [1.82, 2.24) is 10.2 Å². The van der Waals surface area contributed by atoms with E-state index in [0.29, 0.717) is 71.7 Å². The molecule has 0 fully saturated rings. The van der Waals surface area contributed by atoms with Crippen LogP contribution in [0, 0.1) is 0 Å². The van der Waals surface area contributed by atoms with E-state index in [1.807, 2.05) is 63.2 Å². The maximum atomic E-state index is 13.4. The van der Waals surface area contributed by atoms with Crippen LogP contribution in [0.2, 0.25) is 0 Å². The van der Waals surface area contributed by atoms with E-state index in [1.165, 1.54) is 0 Å². The summed E-state index contributed by atoms with van der Waals surface area (Å²) in [5.74, 6) is 0.384. The van der Waals surface area contributed by atoms with Crippen LogP contribution in [0.4, 0.5) is 17.1 Å². The van der Waals surface area contributed by atoms with Crippen LogP contribution in [-0.2, 0) is 19.6 Å². The summed E-state index contributed by atoms with van der Waals surface area (Å²) in [6.07, 6.45) is 1.06. The molecule has 0 spiro atoms. The fraction of sp³-hybridized carbons (Fsp3) is 0.312. The Bertz CT molecular complexity index is 1620. The predicted octanol–water partition coefficient (Wildman–Crippen LogP) is 3.86. The lowest BCUT2D eigenvalue weighted by Crippen LogP contribution is -2.42. The van der Waals surface area contributed by atoms with Gasteiger partial charge in [-0.3, -0.25) is 13.9 Å². The summed E-state index contributed by atoms with van der Waals surface area (Å²) in [4.78, 5) is 27.9. The summed E-state index contributed by atoms with van der Waals surface area (Å²) in [5, 5.41) is 9.07. The van der Waals surface area contributed by atoms with Crippen LogP contribution < -0.4 is 29.7 Å². The van der Waals surface area contributed by atoms with Gasteiger partial charge in [-0.05, 0) is 63.8 Å². The van der Waals surface area contributed by atoms with Crippen molar-refractivity contribution in [3.63, 3.8) is 0 Å². The zero-order valence-corrected chi connectivity index (χ0v) is 26.5. The molecule has 0 saturated heterocycles. The van der Waals surface area contributed by atoms with E-state index in [9.17, 15) is 18.0 Å². The second-order valence-electron chi connectivity index (χ2n) is 10.4. The highest BCUT2D eigenvalue weighted by atomic mass is 32.2. The van der Waals surface area contributed by atoms with Crippen LogP contribution in [-0.4, -0.2) is 78.3 Å². The third-order valence-corrected chi connectivity index (χ3v) is 7.87. The number of likely N-dealkylation sites (N-methyl/N-ethyl adjacent to an activating group) is 1. The summed E-state index contributed by atoms with van der Waals surface area (Å²) in [5.41, 5.74) is 3.97. The van der Waals surface area contributed by atoms with E-state index in [1.54, 1.807) is 36.4 Å². The Hall–Kier alpha value is -4.55. The number of benzene rings is 3. The first-order chi connectivity index (χ1) is 21.0. The van der Waals surface area contributed by atoms with Gasteiger partial charge in [0.05, 0.1) is 42.1 Å². The summed E-state index contributed by atoms with van der Waals surface area (Å²) >= 11 is 0. The van der Waals surface area contributed by atoms with Crippen LogP contribution in [0.15, 0.2) is 66.7 Å². The molecule has 0 aromatic heterocycles. The lowest BCUT2D eigenvalue weighted by Gasteiger charge is -2.23. The predicted molar refractivity (Wildman–Crippen MR) is 174 cm³/mol. The molecule has 4 rings (SSSR count). The number of nitrogens with zero attached hydrogens (tertiary/aromatic N) is 2. The summed E-state index contributed by atoms with van der Waals surface area (Å²) in [7, 11) is 0.0273. The number of nitrogens with one attached hydrogen (secondary N) is 3. The monoisotopic (exact) mass is 621 g/mol. The quantitative estimate of drug-likeness (QED) is 0.232. The molecule has 44 heavy (non-hydrogen) atoms. The average Bonchev–Trinajstić information content (AvgIpc) is 3.29. The Morgan fingerprint density at radius 2 is 1.57 bits per heavy atom. The number of anilines is 3. The minimum Gasteiger partial charge on any atom is -0.490 e. The maximum Gasteiger partial charge on any atom is 0.258 e. The van der Waals surface area contributed by atoms with Gasteiger partial charge in [0.1, 0.15) is 6.54 Å². The van der Waals surface area contributed by atoms with Gasteiger partial charge in [0.25, 0.3) is 5.91 Å². The molecular weight excluding hydrogens is 582 g/mol. The first-order valence-corrected chi connectivity index (χ1v) is 16.2. The van der Waals surface area contributed by atoms with Crippen molar-refractivity contribution in [3.05, 3.63) is 77.9 Å². The van der Waals surface area contributed by atoms with Gasteiger partial charge in [0, 0.05) is 30.4 Å². The van der Waals surface area contributed by atoms with Crippen molar-refractivity contribution in [1.29, 1.82) is 0 Å². The first kappa shape index (κ1) is 32.4. The third kappa shape index (κ3) is 7.88. The van der Waals surface area contributed by atoms with Crippen LogP contribution in [0.3, 0.4) is 0 Å². The molecular formula is C32H39N5O6S. The van der Waals surface area contributed by atoms with Crippen molar-refractivity contribution in [2.24, 2.45) is 0 Å². The zero-order chi connectivity index (χ0) is 31.9. The molecule has 0 radical (unpaired) electrons. The Labute approximate surface area is 258 Å². The second kappa shape index (κ2) is 14.3. The van der Waals surface area contributed by atoms with Gasteiger partial charge in [-0.1, -0.05) is 30.3 Å². The van der Waals surface area contributed by atoms with Crippen molar-refractivity contribution in [2.45, 2.75) is 13.8 Å². The molecule has 3 aromatic rings. The van der Waals surface area contributed by atoms with Crippen LogP contribution in [0.1, 0.15) is 25.0 Å². The molecule has 0 unspecified atom stereocenters. The Morgan fingerprint density at radius 1 is 0.932 bits per heavy atom. The smallest absolute Gasteiger partial charge is 0.258 e. The molecule has 11 nitrogen and oxygen atoms in total. The summed E-state index contributed by atoms with van der Waals surface area (Å²) < 4.78 is 37.9. The minimum atomic E-state index is -3.75. The average molecular weight is 622 g/mol. The van der Waals surface area contributed by atoms with Gasteiger partial charge in [0.2, 0.25) is 15.9 Å². The second-order valence-corrected chi connectivity index (χ2v) is 12.3. The van der Waals surface area contributed by atoms with Gasteiger partial charge >= 0.3 is 0 Å². The first-order valence-electron chi connectivity index (χ1n) is 14.3. The molecule has 234 valence electrons. The number of sulfonamides is 1. The lowest BCUT2D eigenvalue weighted by molar-refractivity contribution is -0.119. The van der Waals surface area contributed by atoms with E-state index in [-0.39, 0.29) is 12.5 Å². The molecule has 2 amide bonds. The molecule has 1 heterocycles. The van der Waals surface area contributed by atoms with Crippen molar-refractivity contribution in [2.75, 3.05) is 68.1 Å². The highest BCUT2D eigenvalue weighted by Crippen LogP contribution is 2.43. The normalized spacial score (nSPS) is 13.6. The maximum absolute atomic E-state index is 13.4. The molecule has 0 atom stereocenters. The van der Waals surface area contributed by atoms with Crippen molar-refractivity contribution < 1.29 is 27.5 Å². The lowest BCUT2D eigenvalue weighted by atomic mass is 9.99. The molecule has 0 saturated carbocycles.